The maximum atomic E-state index is 12.8. The van der Waals surface area contributed by atoms with Crippen LogP contribution in [-0.4, -0.2) is 59.0 Å². The summed E-state index contributed by atoms with van der Waals surface area (Å²) in [6.07, 6.45) is 6.62. The van der Waals surface area contributed by atoms with Gasteiger partial charge < -0.3 is 15.1 Å². The second-order valence-corrected chi connectivity index (χ2v) is 8.68. The van der Waals surface area contributed by atoms with E-state index in [1.807, 2.05) is 6.92 Å². The molecule has 0 bridgehead atoms. The average Bonchev–Trinajstić information content (AvgIpc) is 3.08. The summed E-state index contributed by atoms with van der Waals surface area (Å²) in [7, 11) is 0. The highest BCUT2D eigenvalue weighted by atomic mass is 16.1. The van der Waals surface area contributed by atoms with Gasteiger partial charge in [-0.15, -0.1) is 0 Å². The summed E-state index contributed by atoms with van der Waals surface area (Å²) >= 11 is 0. The van der Waals surface area contributed by atoms with Gasteiger partial charge in [-0.25, -0.2) is 9.97 Å². The maximum absolute atomic E-state index is 12.8. The number of hydrogen-bond acceptors (Lipinski definition) is 5. The largest absolute Gasteiger partial charge is 0.346 e. The second kappa shape index (κ2) is 7.91. The molecule has 0 aliphatic carbocycles. The highest BCUT2D eigenvalue weighted by Crippen LogP contribution is 2.19. The van der Waals surface area contributed by atoms with E-state index in [0.29, 0.717) is 5.56 Å². The molecule has 1 atom stereocenters. The van der Waals surface area contributed by atoms with Crippen molar-refractivity contribution in [1.29, 1.82) is 0 Å². The summed E-state index contributed by atoms with van der Waals surface area (Å²) in [5, 5.41) is 3.19. The van der Waals surface area contributed by atoms with Crippen LogP contribution in [0.15, 0.2) is 6.20 Å². The minimum atomic E-state index is -0.284. The van der Waals surface area contributed by atoms with Crippen LogP contribution >= 0.6 is 0 Å². The molecule has 1 unspecified atom stereocenters. The van der Waals surface area contributed by atoms with E-state index in [2.05, 4.69) is 45.9 Å². The molecule has 1 aromatic heterocycles. The minimum absolute atomic E-state index is 0.0782. The number of aryl methyl sites for hydroxylation is 1. The molecule has 1 amide bonds. The van der Waals surface area contributed by atoms with E-state index in [4.69, 9.17) is 0 Å². The van der Waals surface area contributed by atoms with Gasteiger partial charge in [0.1, 0.15) is 0 Å². The first-order valence-electron chi connectivity index (χ1n) is 9.97. The van der Waals surface area contributed by atoms with E-state index in [0.717, 1.165) is 50.3 Å². The Morgan fingerprint density at radius 2 is 2.00 bits per heavy atom. The van der Waals surface area contributed by atoms with E-state index in [-0.39, 0.29) is 11.4 Å². The van der Waals surface area contributed by atoms with Gasteiger partial charge in [-0.05, 0) is 58.9 Å². The third kappa shape index (κ3) is 4.72. The van der Waals surface area contributed by atoms with E-state index < -0.39 is 0 Å². The van der Waals surface area contributed by atoms with E-state index in [1.54, 1.807) is 6.20 Å². The Morgan fingerprint density at radius 1 is 1.27 bits per heavy atom. The fourth-order valence-corrected chi connectivity index (χ4v) is 4.15. The molecule has 6 nitrogen and oxygen atoms in total. The molecule has 6 heteroatoms. The van der Waals surface area contributed by atoms with Crippen molar-refractivity contribution in [2.75, 3.05) is 37.6 Å². The number of carbonyl (C=O) groups is 1. The standard InChI is InChI=1S/C20H33N5O/c1-15-8-7-9-24(13-15)14-20(3,4)23-18(26)17-12-21-19(22-16(17)2)25-10-5-6-11-25/h12,15H,5-11,13-14H2,1-4H3,(H,23,26). The number of nitrogens with one attached hydrogen (secondary N) is 1. The normalized spacial score (nSPS) is 21.8. The molecule has 26 heavy (non-hydrogen) atoms. The molecule has 0 aromatic carbocycles. The predicted molar refractivity (Wildman–Crippen MR) is 105 cm³/mol. The number of aromatic nitrogens is 2. The highest BCUT2D eigenvalue weighted by molar-refractivity contribution is 5.95. The topological polar surface area (TPSA) is 61.4 Å². The lowest BCUT2D eigenvalue weighted by atomic mass is 9.97. The van der Waals surface area contributed by atoms with Crippen LogP contribution in [0.1, 0.15) is 62.5 Å². The van der Waals surface area contributed by atoms with Crippen molar-refractivity contribution in [1.82, 2.24) is 20.2 Å². The second-order valence-electron chi connectivity index (χ2n) is 8.68. The summed E-state index contributed by atoms with van der Waals surface area (Å²) in [6.45, 7) is 13.5. The monoisotopic (exact) mass is 359 g/mol. The van der Waals surface area contributed by atoms with Gasteiger partial charge >= 0.3 is 0 Å². The fraction of sp³-hybridized carbons (Fsp3) is 0.750. The molecule has 0 radical (unpaired) electrons. The van der Waals surface area contributed by atoms with E-state index >= 15 is 0 Å². The van der Waals surface area contributed by atoms with Gasteiger partial charge in [0.05, 0.1) is 11.3 Å². The van der Waals surface area contributed by atoms with Gasteiger partial charge in [-0.3, -0.25) is 4.79 Å². The van der Waals surface area contributed by atoms with Crippen LogP contribution in [0.3, 0.4) is 0 Å². The summed E-state index contributed by atoms with van der Waals surface area (Å²) < 4.78 is 0. The Labute approximate surface area is 157 Å². The van der Waals surface area contributed by atoms with Crippen molar-refractivity contribution in [2.45, 2.75) is 58.9 Å². The van der Waals surface area contributed by atoms with Crippen molar-refractivity contribution in [3.05, 3.63) is 17.5 Å². The molecule has 2 fully saturated rings. The van der Waals surface area contributed by atoms with Crippen LogP contribution in [0.4, 0.5) is 5.95 Å². The third-order valence-electron chi connectivity index (χ3n) is 5.41. The summed E-state index contributed by atoms with van der Waals surface area (Å²) in [5.74, 6) is 1.41. The smallest absolute Gasteiger partial charge is 0.255 e. The molecule has 3 rings (SSSR count). The Hall–Kier alpha value is -1.69. The highest BCUT2D eigenvalue weighted by Gasteiger charge is 2.28. The Bertz CT molecular complexity index is 639. The molecule has 2 aliphatic rings. The number of amides is 1. The number of hydrogen-bond donors (Lipinski definition) is 1. The molecule has 0 spiro atoms. The first kappa shape index (κ1) is 19.1. The Kier molecular flexibility index (Phi) is 5.80. The fourth-order valence-electron chi connectivity index (χ4n) is 4.15. The molecule has 3 heterocycles. The zero-order valence-corrected chi connectivity index (χ0v) is 16.7. The molecule has 2 saturated heterocycles. The first-order valence-corrected chi connectivity index (χ1v) is 9.97. The lowest BCUT2D eigenvalue weighted by molar-refractivity contribution is 0.0862. The SMILES string of the molecule is Cc1nc(N2CCCC2)ncc1C(=O)NC(C)(C)CN1CCCC(C)C1. The summed E-state index contributed by atoms with van der Waals surface area (Å²) in [5.41, 5.74) is 1.05. The number of nitrogens with zero attached hydrogens (tertiary/aromatic N) is 4. The quantitative estimate of drug-likeness (QED) is 0.876. The zero-order chi connectivity index (χ0) is 18.7. The molecular formula is C20H33N5O. The number of piperidine rings is 1. The van der Waals surface area contributed by atoms with Crippen molar-refractivity contribution < 1.29 is 4.79 Å². The van der Waals surface area contributed by atoms with E-state index in [9.17, 15) is 4.79 Å². The number of rotatable bonds is 5. The molecule has 144 valence electrons. The minimum Gasteiger partial charge on any atom is -0.346 e. The van der Waals surface area contributed by atoms with Gasteiger partial charge in [-0.1, -0.05) is 6.92 Å². The maximum Gasteiger partial charge on any atom is 0.255 e. The van der Waals surface area contributed by atoms with Crippen molar-refractivity contribution in [2.24, 2.45) is 5.92 Å². The molecule has 1 aromatic rings. The molecule has 0 saturated carbocycles. The van der Waals surface area contributed by atoms with Crippen LogP contribution < -0.4 is 10.2 Å². The van der Waals surface area contributed by atoms with Crippen LogP contribution in [-0.2, 0) is 0 Å². The van der Waals surface area contributed by atoms with Crippen molar-refractivity contribution in [3.8, 4) is 0 Å². The average molecular weight is 360 g/mol. The van der Waals surface area contributed by atoms with Crippen molar-refractivity contribution >= 4 is 11.9 Å². The lowest BCUT2D eigenvalue weighted by Gasteiger charge is -2.37. The first-order chi connectivity index (χ1) is 12.3. The van der Waals surface area contributed by atoms with Crippen LogP contribution in [0.25, 0.3) is 0 Å². The van der Waals surface area contributed by atoms with Gasteiger partial charge in [0.2, 0.25) is 5.95 Å². The lowest BCUT2D eigenvalue weighted by Crippen LogP contribution is -2.53. The predicted octanol–water partition coefficient (Wildman–Crippen LogP) is 2.63. The number of anilines is 1. The molecular weight excluding hydrogens is 326 g/mol. The summed E-state index contributed by atoms with van der Waals surface area (Å²) in [4.78, 5) is 26.5. The zero-order valence-electron chi connectivity index (χ0n) is 16.7. The molecule has 1 N–H and O–H groups in total. The van der Waals surface area contributed by atoms with Gasteiger partial charge in [-0.2, -0.15) is 0 Å². The van der Waals surface area contributed by atoms with Gasteiger partial charge in [0, 0.05) is 37.9 Å². The van der Waals surface area contributed by atoms with Crippen LogP contribution in [0.5, 0.6) is 0 Å². The molecule has 2 aliphatic heterocycles. The van der Waals surface area contributed by atoms with Gasteiger partial charge in [0.25, 0.3) is 5.91 Å². The Morgan fingerprint density at radius 3 is 2.65 bits per heavy atom. The third-order valence-corrected chi connectivity index (χ3v) is 5.41. The van der Waals surface area contributed by atoms with Crippen LogP contribution in [0.2, 0.25) is 0 Å². The Balaban J connectivity index is 1.62. The van der Waals surface area contributed by atoms with Gasteiger partial charge in [0.15, 0.2) is 0 Å². The summed E-state index contributed by atoms with van der Waals surface area (Å²) in [6, 6.07) is 0. The van der Waals surface area contributed by atoms with Crippen LogP contribution in [0, 0.1) is 12.8 Å². The van der Waals surface area contributed by atoms with E-state index in [1.165, 1.54) is 25.7 Å². The number of likely N-dealkylation sites (tertiary alicyclic amines) is 1. The van der Waals surface area contributed by atoms with Crippen molar-refractivity contribution in [3.63, 3.8) is 0 Å². The number of carbonyl (C=O) groups excluding carboxylic acids is 1.